The summed E-state index contributed by atoms with van der Waals surface area (Å²) in [5.41, 5.74) is 0. The van der Waals surface area contributed by atoms with Crippen molar-refractivity contribution in [3.8, 4) is 0 Å². The quantitative estimate of drug-likeness (QED) is 0.0262. The van der Waals surface area contributed by atoms with Crippen LogP contribution in [0.15, 0.2) is 36.5 Å². The van der Waals surface area contributed by atoms with E-state index in [9.17, 15) is 14.4 Å². The van der Waals surface area contributed by atoms with Gasteiger partial charge in [-0.25, -0.2) is 0 Å². The van der Waals surface area contributed by atoms with Crippen molar-refractivity contribution in [1.82, 2.24) is 0 Å². The maximum Gasteiger partial charge on any atom is 0.306 e. The lowest BCUT2D eigenvalue weighted by molar-refractivity contribution is -0.166. The van der Waals surface area contributed by atoms with E-state index < -0.39 is 6.10 Å². The second-order valence-corrected chi connectivity index (χ2v) is 20.3. The Morgan fingerprint density at radius 1 is 0.294 bits per heavy atom. The molecule has 68 heavy (non-hydrogen) atoms. The molecule has 0 fully saturated rings. The summed E-state index contributed by atoms with van der Waals surface area (Å²) in [5, 5.41) is 0. The summed E-state index contributed by atoms with van der Waals surface area (Å²) in [6.07, 6.45) is 68.7. The molecule has 0 spiro atoms. The Hall–Kier alpha value is -2.37. The molecular weight excluding hydrogens is 841 g/mol. The zero-order valence-electron chi connectivity index (χ0n) is 45.6. The summed E-state index contributed by atoms with van der Waals surface area (Å²) in [5.74, 6) is -0.943. The number of hydrogen-bond donors (Lipinski definition) is 0. The molecule has 0 aliphatic carbocycles. The largest absolute Gasteiger partial charge is 0.462 e. The number of rotatable bonds is 55. The summed E-state index contributed by atoms with van der Waals surface area (Å²) in [6.45, 7) is 6.62. The summed E-state index contributed by atoms with van der Waals surface area (Å²) in [7, 11) is 0. The summed E-state index contributed by atoms with van der Waals surface area (Å²) < 4.78 is 16.8. The average Bonchev–Trinajstić information content (AvgIpc) is 3.34. The smallest absolute Gasteiger partial charge is 0.306 e. The highest BCUT2D eigenvalue weighted by Gasteiger charge is 2.19. The van der Waals surface area contributed by atoms with Crippen molar-refractivity contribution in [1.29, 1.82) is 0 Å². The second kappa shape index (κ2) is 57.2. The predicted octanol–water partition coefficient (Wildman–Crippen LogP) is 20.0. The van der Waals surface area contributed by atoms with E-state index in [2.05, 4.69) is 51.2 Å². The van der Waals surface area contributed by atoms with Gasteiger partial charge in [-0.3, -0.25) is 14.4 Å². The van der Waals surface area contributed by atoms with Gasteiger partial charge in [-0.15, -0.1) is 0 Å². The van der Waals surface area contributed by atoms with Gasteiger partial charge in [0.1, 0.15) is 13.2 Å². The van der Waals surface area contributed by atoms with E-state index in [1.165, 1.54) is 225 Å². The van der Waals surface area contributed by atoms with Crippen LogP contribution in [0.5, 0.6) is 0 Å². The van der Waals surface area contributed by atoms with Crippen LogP contribution in [0.2, 0.25) is 0 Å². The highest BCUT2D eigenvalue weighted by Crippen LogP contribution is 2.17. The molecule has 6 nitrogen and oxygen atoms in total. The van der Waals surface area contributed by atoms with E-state index in [0.717, 1.165) is 51.4 Å². The Balaban J connectivity index is 4.36. The number of ether oxygens (including phenoxy) is 3. The van der Waals surface area contributed by atoms with Crippen molar-refractivity contribution < 1.29 is 28.6 Å². The molecule has 1 unspecified atom stereocenters. The molecule has 0 N–H and O–H groups in total. The van der Waals surface area contributed by atoms with Crippen molar-refractivity contribution in [3.05, 3.63) is 36.5 Å². The van der Waals surface area contributed by atoms with Crippen LogP contribution in [-0.4, -0.2) is 37.2 Å². The van der Waals surface area contributed by atoms with Crippen LogP contribution in [0.4, 0.5) is 0 Å². The van der Waals surface area contributed by atoms with E-state index in [4.69, 9.17) is 14.2 Å². The van der Waals surface area contributed by atoms with Crippen LogP contribution in [0, 0.1) is 0 Å². The third-order valence-corrected chi connectivity index (χ3v) is 13.4. The minimum absolute atomic E-state index is 0.0878. The Labute approximate surface area is 423 Å². The topological polar surface area (TPSA) is 78.9 Å². The van der Waals surface area contributed by atoms with Gasteiger partial charge < -0.3 is 14.2 Å². The first-order valence-corrected chi connectivity index (χ1v) is 30.0. The molecule has 0 aromatic heterocycles. The van der Waals surface area contributed by atoms with Gasteiger partial charge in [0.05, 0.1) is 0 Å². The van der Waals surface area contributed by atoms with Crippen molar-refractivity contribution >= 4 is 17.9 Å². The summed E-state index contributed by atoms with van der Waals surface area (Å²) in [6, 6.07) is 0. The third-order valence-electron chi connectivity index (χ3n) is 13.4. The van der Waals surface area contributed by atoms with Crippen LogP contribution in [0.25, 0.3) is 0 Å². The Bertz CT molecular complexity index is 1140. The highest BCUT2D eigenvalue weighted by atomic mass is 16.6. The molecule has 0 aromatic rings. The number of unbranched alkanes of at least 4 members (excludes halogenated alkanes) is 38. The van der Waals surface area contributed by atoms with Crippen LogP contribution in [-0.2, 0) is 28.6 Å². The number of carbonyl (C=O) groups is 3. The van der Waals surface area contributed by atoms with E-state index in [1.54, 1.807) is 0 Å². The molecule has 0 bridgehead atoms. The second-order valence-electron chi connectivity index (χ2n) is 20.3. The van der Waals surface area contributed by atoms with E-state index in [-0.39, 0.29) is 37.5 Å². The fourth-order valence-electron chi connectivity index (χ4n) is 8.85. The predicted molar refractivity (Wildman–Crippen MR) is 293 cm³/mol. The zero-order valence-corrected chi connectivity index (χ0v) is 45.6. The molecule has 0 aliphatic heterocycles. The maximum absolute atomic E-state index is 12.9. The molecule has 398 valence electrons. The molecule has 0 radical (unpaired) electrons. The summed E-state index contributed by atoms with van der Waals surface area (Å²) >= 11 is 0. The van der Waals surface area contributed by atoms with Gasteiger partial charge in [0.25, 0.3) is 0 Å². The first-order chi connectivity index (χ1) is 33.5. The van der Waals surface area contributed by atoms with Crippen LogP contribution < -0.4 is 0 Å². The van der Waals surface area contributed by atoms with Crippen LogP contribution in [0.1, 0.15) is 323 Å². The van der Waals surface area contributed by atoms with E-state index in [0.29, 0.717) is 19.3 Å². The Kier molecular flexibility index (Phi) is 55.2. The van der Waals surface area contributed by atoms with Gasteiger partial charge >= 0.3 is 17.9 Å². The molecule has 0 aliphatic rings. The molecule has 0 amide bonds. The maximum atomic E-state index is 12.9. The number of allylic oxidation sites excluding steroid dienone is 6. The first-order valence-electron chi connectivity index (χ1n) is 30.0. The van der Waals surface area contributed by atoms with Crippen LogP contribution in [0.3, 0.4) is 0 Å². The molecular formula is C62H114O6. The lowest BCUT2D eigenvalue weighted by Crippen LogP contribution is -2.30. The Morgan fingerprint density at radius 2 is 0.559 bits per heavy atom. The van der Waals surface area contributed by atoms with Crippen molar-refractivity contribution in [3.63, 3.8) is 0 Å². The average molecular weight is 956 g/mol. The molecule has 0 saturated heterocycles. The minimum atomic E-state index is -0.793. The third kappa shape index (κ3) is 54.6. The molecule has 0 saturated carbocycles. The van der Waals surface area contributed by atoms with Crippen molar-refractivity contribution in [2.24, 2.45) is 0 Å². The highest BCUT2D eigenvalue weighted by molar-refractivity contribution is 5.71. The fraction of sp³-hybridized carbons (Fsp3) is 0.855. The summed E-state index contributed by atoms with van der Waals surface area (Å²) in [4.78, 5) is 38.1. The van der Waals surface area contributed by atoms with E-state index in [1.807, 2.05) is 6.08 Å². The molecule has 1 atom stereocenters. The molecule has 0 rings (SSSR count). The Morgan fingerprint density at radius 3 is 0.912 bits per heavy atom. The van der Waals surface area contributed by atoms with Gasteiger partial charge in [0.15, 0.2) is 6.10 Å². The molecule has 6 heteroatoms. The lowest BCUT2D eigenvalue weighted by atomic mass is 10.0. The van der Waals surface area contributed by atoms with E-state index >= 15 is 0 Å². The molecule has 0 heterocycles. The first kappa shape index (κ1) is 65.6. The lowest BCUT2D eigenvalue weighted by Gasteiger charge is -2.18. The van der Waals surface area contributed by atoms with Crippen molar-refractivity contribution in [2.45, 2.75) is 329 Å². The van der Waals surface area contributed by atoms with Crippen molar-refractivity contribution in [2.75, 3.05) is 13.2 Å². The number of esters is 3. The normalized spacial score (nSPS) is 12.2. The SMILES string of the molecule is CCCCCCCC/C=C\C/C=C\CCC(=O)OCC(COC(=O)CCCCCCCCC/C=C\CCCCCCCCCC)OC(=O)CCCCCCCCCCCCCCCCCCCC. The van der Waals surface area contributed by atoms with Gasteiger partial charge in [0.2, 0.25) is 0 Å². The monoisotopic (exact) mass is 955 g/mol. The van der Waals surface area contributed by atoms with Crippen LogP contribution >= 0.6 is 0 Å². The molecule has 0 aromatic carbocycles. The standard InChI is InChI=1S/C62H114O6/c1-4-7-10-13-16-19-22-25-27-29-31-33-34-37-40-43-46-49-52-55-61(64)67-58-59(57-66-60(63)54-51-48-45-42-39-36-24-21-18-15-12-9-6-3)68-62(65)56-53-50-47-44-41-38-35-32-30-28-26-23-20-17-14-11-8-5-2/h29,31,36,39,45,48,59H,4-28,30,32-35,37-38,40-44,46-47,49-58H2,1-3H3/b31-29-,39-36-,48-45-. The van der Waals surface area contributed by atoms with Gasteiger partial charge in [0, 0.05) is 19.3 Å². The van der Waals surface area contributed by atoms with Gasteiger partial charge in [-0.05, 0) is 64.2 Å². The number of hydrogen-bond acceptors (Lipinski definition) is 6. The van der Waals surface area contributed by atoms with Gasteiger partial charge in [-0.2, -0.15) is 0 Å². The number of carbonyl (C=O) groups excluding carboxylic acids is 3. The zero-order chi connectivity index (χ0) is 49.3. The van der Waals surface area contributed by atoms with Gasteiger partial charge in [-0.1, -0.05) is 276 Å². The fourth-order valence-corrected chi connectivity index (χ4v) is 8.85. The minimum Gasteiger partial charge on any atom is -0.462 e.